The molecule has 1 fully saturated rings. The summed E-state index contributed by atoms with van der Waals surface area (Å²) >= 11 is 0. The van der Waals surface area contributed by atoms with E-state index in [0.29, 0.717) is 11.2 Å². The summed E-state index contributed by atoms with van der Waals surface area (Å²) in [7, 11) is 0. The number of aromatic hydroxyl groups is 1. The summed E-state index contributed by atoms with van der Waals surface area (Å²) in [5.41, 5.74) is 6.33. The first-order chi connectivity index (χ1) is 11.4. The van der Waals surface area contributed by atoms with Crippen LogP contribution >= 0.6 is 0 Å². The summed E-state index contributed by atoms with van der Waals surface area (Å²) in [6.45, 7) is 3.42. The summed E-state index contributed by atoms with van der Waals surface area (Å²) in [4.78, 5) is 23.2. The second-order valence-electron chi connectivity index (χ2n) is 5.95. The standard InChI is InChI=1S/C14H19N5O5/c1-6(2)13(21)23-4-8-7(20)3-9(24-8)19-5-16-10-11(15)17-14(22)18-12(10)19/h5-9,20H,3-4H2,1-2H3,(H3,15,17,18,22)/t7-,8+,9+/m0/s1. The smallest absolute Gasteiger partial charge is 0.317 e. The minimum absolute atomic E-state index is 0.0380. The van der Waals surface area contributed by atoms with E-state index in [2.05, 4.69) is 15.0 Å². The van der Waals surface area contributed by atoms with Crippen molar-refractivity contribution in [3.63, 3.8) is 0 Å². The molecule has 0 bridgehead atoms. The minimum Gasteiger partial charge on any atom is -0.479 e. The molecule has 3 atom stereocenters. The highest BCUT2D eigenvalue weighted by atomic mass is 16.6. The molecule has 10 heteroatoms. The van der Waals surface area contributed by atoms with Gasteiger partial charge in [0.25, 0.3) is 0 Å². The summed E-state index contributed by atoms with van der Waals surface area (Å²) in [5, 5.41) is 19.6. The van der Waals surface area contributed by atoms with Crippen LogP contribution in [0.15, 0.2) is 6.33 Å². The van der Waals surface area contributed by atoms with Gasteiger partial charge in [-0.05, 0) is 0 Å². The van der Waals surface area contributed by atoms with Crippen LogP contribution in [0.4, 0.5) is 5.82 Å². The number of hydrogen-bond donors (Lipinski definition) is 3. The largest absolute Gasteiger partial charge is 0.479 e. The van der Waals surface area contributed by atoms with Gasteiger partial charge < -0.3 is 25.4 Å². The van der Waals surface area contributed by atoms with E-state index >= 15 is 0 Å². The Morgan fingerprint density at radius 3 is 3.00 bits per heavy atom. The lowest BCUT2D eigenvalue weighted by Crippen LogP contribution is -2.29. The highest BCUT2D eigenvalue weighted by Gasteiger charge is 2.37. The number of hydrogen-bond acceptors (Lipinski definition) is 9. The van der Waals surface area contributed by atoms with Gasteiger partial charge in [0.2, 0.25) is 0 Å². The first-order valence-corrected chi connectivity index (χ1v) is 7.56. The van der Waals surface area contributed by atoms with Gasteiger partial charge in [-0.25, -0.2) is 4.98 Å². The van der Waals surface area contributed by atoms with Gasteiger partial charge in [-0.2, -0.15) is 9.97 Å². The molecule has 3 rings (SSSR count). The zero-order chi connectivity index (χ0) is 17.4. The number of nitrogen functional groups attached to an aromatic ring is 1. The number of nitrogens with two attached hydrogens (primary N) is 1. The maximum atomic E-state index is 11.5. The van der Waals surface area contributed by atoms with Crippen molar-refractivity contribution < 1.29 is 24.5 Å². The number of carbonyl (C=O) groups is 1. The fourth-order valence-corrected chi connectivity index (χ4v) is 2.50. The summed E-state index contributed by atoms with van der Waals surface area (Å²) < 4.78 is 12.4. The van der Waals surface area contributed by atoms with Crippen LogP contribution < -0.4 is 5.73 Å². The van der Waals surface area contributed by atoms with Gasteiger partial charge in [0.15, 0.2) is 17.0 Å². The minimum atomic E-state index is -0.805. The van der Waals surface area contributed by atoms with E-state index in [9.17, 15) is 15.0 Å². The van der Waals surface area contributed by atoms with Crippen molar-refractivity contribution in [3.8, 4) is 6.01 Å². The van der Waals surface area contributed by atoms with E-state index in [-0.39, 0.29) is 30.7 Å². The summed E-state index contributed by atoms with van der Waals surface area (Å²) in [6.07, 6.45) is -0.306. The third-order valence-electron chi connectivity index (χ3n) is 3.81. The number of fused-ring (bicyclic) bond motifs is 1. The number of anilines is 1. The van der Waals surface area contributed by atoms with Crippen molar-refractivity contribution in [2.75, 3.05) is 12.3 Å². The second kappa shape index (κ2) is 6.21. The molecule has 1 saturated heterocycles. The zero-order valence-corrected chi connectivity index (χ0v) is 13.3. The Morgan fingerprint density at radius 1 is 1.54 bits per heavy atom. The fourth-order valence-electron chi connectivity index (χ4n) is 2.50. The zero-order valence-electron chi connectivity index (χ0n) is 13.3. The van der Waals surface area contributed by atoms with Gasteiger partial charge in [-0.3, -0.25) is 9.36 Å². The maximum Gasteiger partial charge on any atom is 0.317 e. The molecule has 24 heavy (non-hydrogen) atoms. The number of aliphatic hydroxyl groups is 1. The fraction of sp³-hybridized carbons (Fsp3) is 0.571. The average molecular weight is 337 g/mol. The Morgan fingerprint density at radius 2 is 2.29 bits per heavy atom. The van der Waals surface area contributed by atoms with Crippen molar-refractivity contribution in [2.45, 2.75) is 38.7 Å². The van der Waals surface area contributed by atoms with Gasteiger partial charge in [0.05, 0.1) is 18.3 Å². The highest BCUT2D eigenvalue weighted by molar-refractivity contribution is 5.81. The SMILES string of the molecule is CC(C)C(=O)OC[C@H]1O[C@@H](n2cnc3c(N)nc(O)nc32)C[C@@H]1O. The summed E-state index contributed by atoms with van der Waals surface area (Å²) in [5.74, 6) is -0.551. The molecule has 0 saturated carbocycles. The van der Waals surface area contributed by atoms with Gasteiger partial charge in [0, 0.05) is 6.42 Å². The van der Waals surface area contributed by atoms with Crippen molar-refractivity contribution in [2.24, 2.45) is 5.92 Å². The Balaban J connectivity index is 1.76. The predicted molar refractivity (Wildman–Crippen MR) is 81.7 cm³/mol. The van der Waals surface area contributed by atoms with E-state index in [1.54, 1.807) is 18.4 Å². The maximum absolute atomic E-state index is 11.5. The molecular weight excluding hydrogens is 318 g/mol. The van der Waals surface area contributed by atoms with Crippen molar-refractivity contribution in [3.05, 3.63) is 6.33 Å². The summed E-state index contributed by atoms with van der Waals surface area (Å²) in [6, 6.07) is -0.470. The molecule has 0 aliphatic carbocycles. The average Bonchev–Trinajstić information content (AvgIpc) is 3.08. The third kappa shape index (κ3) is 2.97. The monoisotopic (exact) mass is 337 g/mol. The quantitative estimate of drug-likeness (QED) is 0.654. The molecule has 0 spiro atoms. The molecule has 0 radical (unpaired) electrons. The molecule has 1 aliphatic heterocycles. The molecule has 2 aromatic heterocycles. The number of esters is 1. The van der Waals surface area contributed by atoms with Gasteiger partial charge in [0.1, 0.15) is 18.9 Å². The lowest BCUT2D eigenvalue weighted by Gasteiger charge is -2.16. The van der Waals surface area contributed by atoms with Crippen LogP contribution in [0, 0.1) is 5.92 Å². The second-order valence-corrected chi connectivity index (χ2v) is 5.95. The molecule has 1 aliphatic rings. The topological polar surface area (TPSA) is 146 Å². The highest BCUT2D eigenvalue weighted by Crippen LogP contribution is 2.32. The lowest BCUT2D eigenvalue weighted by atomic mass is 10.2. The predicted octanol–water partition coefficient (Wildman–Crippen LogP) is -0.0383. The first-order valence-electron chi connectivity index (χ1n) is 7.56. The number of aliphatic hydroxyl groups excluding tert-OH is 1. The van der Waals surface area contributed by atoms with E-state index in [1.807, 2.05) is 0 Å². The van der Waals surface area contributed by atoms with Crippen molar-refractivity contribution in [1.29, 1.82) is 0 Å². The van der Waals surface area contributed by atoms with E-state index < -0.39 is 24.4 Å². The molecule has 130 valence electrons. The van der Waals surface area contributed by atoms with Crippen LogP contribution in [0.2, 0.25) is 0 Å². The molecule has 10 nitrogen and oxygen atoms in total. The number of ether oxygens (including phenoxy) is 2. The van der Waals surface area contributed by atoms with Crippen LogP contribution in [0.5, 0.6) is 6.01 Å². The van der Waals surface area contributed by atoms with Gasteiger partial charge in [-0.15, -0.1) is 0 Å². The van der Waals surface area contributed by atoms with Crippen LogP contribution in [0.1, 0.15) is 26.5 Å². The lowest BCUT2D eigenvalue weighted by molar-refractivity contribution is -0.153. The Labute approximate surface area is 137 Å². The molecule has 0 aromatic carbocycles. The third-order valence-corrected chi connectivity index (χ3v) is 3.81. The number of carbonyl (C=O) groups excluding carboxylic acids is 1. The van der Waals surface area contributed by atoms with Crippen molar-refractivity contribution >= 4 is 23.0 Å². The van der Waals surface area contributed by atoms with Crippen LogP contribution in [0.25, 0.3) is 11.2 Å². The van der Waals surface area contributed by atoms with Gasteiger partial charge in [-0.1, -0.05) is 13.8 Å². The van der Waals surface area contributed by atoms with Crippen molar-refractivity contribution in [1.82, 2.24) is 19.5 Å². The van der Waals surface area contributed by atoms with Crippen LogP contribution in [-0.2, 0) is 14.3 Å². The molecule has 3 heterocycles. The normalized spacial score (nSPS) is 23.9. The molecular formula is C14H19N5O5. The number of imidazole rings is 1. The van der Waals surface area contributed by atoms with E-state index in [1.165, 1.54) is 6.33 Å². The number of nitrogens with zero attached hydrogens (tertiary/aromatic N) is 4. The molecule has 0 amide bonds. The Kier molecular flexibility index (Phi) is 4.24. The molecule has 4 N–H and O–H groups in total. The molecule has 2 aromatic rings. The van der Waals surface area contributed by atoms with Gasteiger partial charge >= 0.3 is 12.0 Å². The van der Waals surface area contributed by atoms with Crippen LogP contribution in [-0.4, -0.2) is 54.5 Å². The first kappa shape index (κ1) is 16.4. The van der Waals surface area contributed by atoms with E-state index in [4.69, 9.17) is 15.2 Å². The molecule has 0 unspecified atom stereocenters. The number of aromatic nitrogens is 4. The number of rotatable bonds is 4. The van der Waals surface area contributed by atoms with E-state index in [0.717, 1.165) is 0 Å². The van der Waals surface area contributed by atoms with Crippen LogP contribution in [0.3, 0.4) is 0 Å². The Bertz CT molecular complexity index is 761. The Hall–Kier alpha value is -2.46.